The molecule has 1 aliphatic carbocycles. The third-order valence-electron chi connectivity index (χ3n) is 5.17. The molecule has 2 aliphatic rings. The molecule has 2 nitrogen and oxygen atoms in total. The van der Waals surface area contributed by atoms with Crippen molar-refractivity contribution in [1.29, 1.82) is 0 Å². The lowest BCUT2D eigenvalue weighted by Gasteiger charge is -2.33. The Morgan fingerprint density at radius 3 is 2.80 bits per heavy atom. The van der Waals surface area contributed by atoms with E-state index in [1.807, 2.05) is 0 Å². The van der Waals surface area contributed by atoms with Gasteiger partial charge in [0.1, 0.15) is 0 Å². The van der Waals surface area contributed by atoms with E-state index >= 15 is 0 Å². The maximum absolute atomic E-state index is 3.87. The Balaban J connectivity index is 1.69. The molecule has 0 spiro atoms. The minimum atomic E-state index is 0.665. The predicted molar refractivity (Wildman–Crippen MR) is 86.2 cm³/mol. The quantitative estimate of drug-likeness (QED) is 0.866. The van der Waals surface area contributed by atoms with Gasteiger partial charge in [-0.05, 0) is 56.2 Å². The highest BCUT2D eigenvalue weighted by Gasteiger charge is 2.34. The average molecular weight is 272 g/mol. The van der Waals surface area contributed by atoms with Crippen LogP contribution in [0.4, 0.5) is 5.69 Å². The van der Waals surface area contributed by atoms with Gasteiger partial charge in [0.2, 0.25) is 0 Å². The molecular formula is C18H28N2. The number of nitrogens with one attached hydrogen (secondary N) is 2. The molecule has 0 amide bonds. The Morgan fingerprint density at radius 1 is 1.10 bits per heavy atom. The van der Waals surface area contributed by atoms with Crippen LogP contribution in [0.5, 0.6) is 0 Å². The number of anilines is 1. The Hall–Kier alpha value is -1.02. The summed E-state index contributed by atoms with van der Waals surface area (Å²) in [5, 5.41) is 7.63. The number of piperidine rings is 1. The van der Waals surface area contributed by atoms with Gasteiger partial charge in [0.25, 0.3) is 0 Å². The van der Waals surface area contributed by atoms with Crippen molar-refractivity contribution >= 4 is 5.69 Å². The highest BCUT2D eigenvalue weighted by molar-refractivity contribution is 5.52. The largest absolute Gasteiger partial charge is 0.382 e. The number of aryl methyl sites for hydroxylation is 1. The van der Waals surface area contributed by atoms with Crippen LogP contribution in [0.1, 0.15) is 51.0 Å². The molecular weight excluding hydrogens is 244 g/mol. The normalized spacial score (nSPS) is 30.4. The Kier molecular flexibility index (Phi) is 4.62. The first-order valence-corrected chi connectivity index (χ1v) is 8.46. The van der Waals surface area contributed by atoms with Crippen molar-refractivity contribution < 1.29 is 0 Å². The fourth-order valence-electron chi connectivity index (χ4n) is 4.06. The fraction of sp³-hybridized carbons (Fsp3) is 0.667. The monoisotopic (exact) mass is 272 g/mol. The van der Waals surface area contributed by atoms with Crippen molar-refractivity contribution in [3.8, 4) is 0 Å². The zero-order chi connectivity index (χ0) is 13.8. The molecule has 3 unspecified atom stereocenters. The molecule has 1 aromatic carbocycles. The molecule has 2 N–H and O–H groups in total. The molecule has 0 aromatic heterocycles. The van der Waals surface area contributed by atoms with Gasteiger partial charge in [-0.15, -0.1) is 0 Å². The van der Waals surface area contributed by atoms with E-state index in [-0.39, 0.29) is 0 Å². The van der Waals surface area contributed by atoms with Crippen LogP contribution < -0.4 is 10.6 Å². The van der Waals surface area contributed by atoms with Crippen molar-refractivity contribution in [2.24, 2.45) is 5.92 Å². The van der Waals surface area contributed by atoms with E-state index in [0.717, 1.165) is 18.4 Å². The van der Waals surface area contributed by atoms with E-state index in [1.165, 1.54) is 56.3 Å². The smallest absolute Gasteiger partial charge is 0.0374 e. The summed E-state index contributed by atoms with van der Waals surface area (Å²) >= 11 is 0. The Bertz CT molecular complexity index is 423. The third-order valence-corrected chi connectivity index (χ3v) is 5.17. The number of hydrogen-bond donors (Lipinski definition) is 2. The first-order chi connectivity index (χ1) is 9.88. The summed E-state index contributed by atoms with van der Waals surface area (Å²) in [4.78, 5) is 0. The molecule has 1 saturated carbocycles. The molecule has 3 atom stereocenters. The molecule has 0 radical (unpaired) electrons. The fourth-order valence-corrected chi connectivity index (χ4v) is 4.06. The van der Waals surface area contributed by atoms with E-state index < -0.39 is 0 Å². The van der Waals surface area contributed by atoms with Gasteiger partial charge in [0, 0.05) is 17.8 Å². The highest BCUT2D eigenvalue weighted by Crippen LogP contribution is 2.34. The summed E-state index contributed by atoms with van der Waals surface area (Å²) in [7, 11) is 0. The first kappa shape index (κ1) is 13.9. The number of benzene rings is 1. The Morgan fingerprint density at radius 2 is 2.00 bits per heavy atom. The van der Waals surface area contributed by atoms with Crippen LogP contribution in [0.25, 0.3) is 0 Å². The van der Waals surface area contributed by atoms with Crippen LogP contribution in [0.2, 0.25) is 0 Å². The maximum atomic E-state index is 3.87. The topological polar surface area (TPSA) is 24.1 Å². The molecule has 3 rings (SSSR count). The number of para-hydroxylation sites is 1. The summed E-state index contributed by atoms with van der Waals surface area (Å²) in [6.45, 7) is 3.47. The van der Waals surface area contributed by atoms with E-state index in [4.69, 9.17) is 0 Å². The second kappa shape index (κ2) is 6.62. The second-order valence-electron chi connectivity index (χ2n) is 6.41. The van der Waals surface area contributed by atoms with Crippen molar-refractivity contribution in [3.05, 3.63) is 29.8 Å². The van der Waals surface area contributed by atoms with E-state index in [9.17, 15) is 0 Å². The summed E-state index contributed by atoms with van der Waals surface area (Å²) in [6.07, 6.45) is 9.37. The van der Waals surface area contributed by atoms with Crippen LogP contribution >= 0.6 is 0 Å². The summed E-state index contributed by atoms with van der Waals surface area (Å²) < 4.78 is 0. The highest BCUT2D eigenvalue weighted by atomic mass is 15.0. The van der Waals surface area contributed by atoms with Crippen molar-refractivity contribution in [2.75, 3.05) is 11.9 Å². The van der Waals surface area contributed by atoms with Gasteiger partial charge < -0.3 is 10.6 Å². The molecule has 1 aromatic rings. The molecule has 1 saturated heterocycles. The average Bonchev–Trinajstić information content (AvgIpc) is 2.97. The van der Waals surface area contributed by atoms with Gasteiger partial charge >= 0.3 is 0 Å². The lowest BCUT2D eigenvalue weighted by Crippen LogP contribution is -2.44. The second-order valence-corrected chi connectivity index (χ2v) is 6.41. The van der Waals surface area contributed by atoms with Crippen LogP contribution in [0.15, 0.2) is 24.3 Å². The van der Waals surface area contributed by atoms with Crippen LogP contribution in [-0.4, -0.2) is 18.6 Å². The zero-order valence-corrected chi connectivity index (χ0v) is 12.7. The number of rotatable bonds is 4. The predicted octanol–water partition coefficient (Wildman–Crippen LogP) is 3.97. The van der Waals surface area contributed by atoms with Gasteiger partial charge in [-0.2, -0.15) is 0 Å². The Labute approximate surface area is 123 Å². The molecule has 20 heavy (non-hydrogen) atoms. The zero-order valence-electron chi connectivity index (χ0n) is 12.7. The molecule has 2 fully saturated rings. The molecule has 1 aliphatic heterocycles. The first-order valence-electron chi connectivity index (χ1n) is 8.46. The molecule has 110 valence electrons. The SMILES string of the molecule is CCc1ccccc1NC1CCCC1C1CCCCN1. The lowest BCUT2D eigenvalue weighted by molar-refractivity contribution is 0.286. The standard InChI is InChI=1S/C18H28N2/c1-2-14-8-3-4-10-16(14)20-18-12-7-9-15(18)17-11-5-6-13-19-17/h3-4,8,10,15,17-20H,2,5-7,9,11-13H2,1H3. The lowest BCUT2D eigenvalue weighted by atomic mass is 9.88. The number of hydrogen-bond acceptors (Lipinski definition) is 2. The van der Waals surface area contributed by atoms with Crippen LogP contribution in [0.3, 0.4) is 0 Å². The van der Waals surface area contributed by atoms with E-state index in [1.54, 1.807) is 0 Å². The van der Waals surface area contributed by atoms with E-state index in [2.05, 4.69) is 41.8 Å². The molecule has 1 heterocycles. The summed E-state index contributed by atoms with van der Waals surface area (Å²) in [5.41, 5.74) is 2.82. The minimum Gasteiger partial charge on any atom is -0.382 e. The summed E-state index contributed by atoms with van der Waals surface area (Å²) in [5.74, 6) is 0.820. The summed E-state index contributed by atoms with van der Waals surface area (Å²) in [6, 6.07) is 10.2. The minimum absolute atomic E-state index is 0.665. The van der Waals surface area contributed by atoms with Gasteiger partial charge in [0.15, 0.2) is 0 Å². The van der Waals surface area contributed by atoms with Crippen molar-refractivity contribution in [1.82, 2.24) is 5.32 Å². The third kappa shape index (κ3) is 3.01. The van der Waals surface area contributed by atoms with Gasteiger partial charge in [-0.25, -0.2) is 0 Å². The van der Waals surface area contributed by atoms with E-state index in [0.29, 0.717) is 6.04 Å². The van der Waals surface area contributed by atoms with Crippen molar-refractivity contribution in [2.45, 2.75) is 64.0 Å². The maximum Gasteiger partial charge on any atom is 0.0374 e. The molecule has 0 bridgehead atoms. The van der Waals surface area contributed by atoms with Crippen LogP contribution in [-0.2, 0) is 6.42 Å². The van der Waals surface area contributed by atoms with Gasteiger partial charge in [-0.3, -0.25) is 0 Å². The van der Waals surface area contributed by atoms with Gasteiger partial charge in [0.05, 0.1) is 0 Å². The van der Waals surface area contributed by atoms with Crippen molar-refractivity contribution in [3.63, 3.8) is 0 Å². The van der Waals surface area contributed by atoms with Gasteiger partial charge in [-0.1, -0.05) is 38.0 Å². The molecule has 2 heteroatoms. The van der Waals surface area contributed by atoms with Crippen LogP contribution in [0, 0.1) is 5.92 Å².